The summed E-state index contributed by atoms with van der Waals surface area (Å²) in [5.41, 5.74) is 1.20. The maximum absolute atomic E-state index is 12.5. The summed E-state index contributed by atoms with van der Waals surface area (Å²) < 4.78 is 7.00. The first-order valence-electron chi connectivity index (χ1n) is 11.8. The highest BCUT2D eigenvalue weighted by atomic mass is 28.4. The molecule has 0 fully saturated rings. The number of Topliss-reactive ketones (excluding diaryl/α,β-unsaturated/α-hetero) is 1. The lowest BCUT2D eigenvalue weighted by Crippen LogP contribution is -2.66. The number of carbonyl (C=O) groups is 2. The molecule has 0 aromatic heterocycles. The molecule has 0 bridgehead atoms. The summed E-state index contributed by atoms with van der Waals surface area (Å²) in [5, 5.41) is 11.6. The molecule has 2 aromatic rings. The molecule has 176 valence electrons. The number of ketones is 1. The summed E-state index contributed by atoms with van der Waals surface area (Å²) in [4.78, 5) is 23.7. The van der Waals surface area contributed by atoms with Gasteiger partial charge in [0.15, 0.2) is 0 Å². The molecule has 2 aromatic carbocycles. The standard InChI is InChI=1S/C28H36O4Si/c1-21-19-26(29)23(20-27(30)31)16-15-22(21)17-18-32-33(28(2,3)4,24-11-7-5-8-12-24)25-13-9-6-10-14-25/h5-15,21,23H,16-20H2,1-4H3,(H,30,31)/t21-,23?/m0/s1. The molecule has 3 rings (SSSR count). The molecule has 0 aliphatic heterocycles. The normalized spacial score (nSPS) is 19.6. The molecule has 1 N–H and O–H groups in total. The van der Waals surface area contributed by atoms with Gasteiger partial charge in [-0.25, -0.2) is 0 Å². The van der Waals surface area contributed by atoms with Crippen LogP contribution in [0.3, 0.4) is 0 Å². The Hall–Kier alpha value is -2.50. The zero-order chi connectivity index (χ0) is 24.1. The first kappa shape index (κ1) is 25.1. The van der Waals surface area contributed by atoms with E-state index in [1.807, 2.05) is 12.1 Å². The number of rotatable bonds is 8. The van der Waals surface area contributed by atoms with E-state index in [0.717, 1.165) is 6.42 Å². The summed E-state index contributed by atoms with van der Waals surface area (Å²) in [5.74, 6) is -1.16. The molecule has 0 saturated carbocycles. The predicted octanol–water partition coefficient (Wildman–Crippen LogP) is 4.97. The average Bonchev–Trinajstić information content (AvgIpc) is 2.89. The Morgan fingerprint density at radius 3 is 2.06 bits per heavy atom. The lowest BCUT2D eigenvalue weighted by atomic mass is 9.92. The zero-order valence-electron chi connectivity index (χ0n) is 20.2. The van der Waals surface area contributed by atoms with Gasteiger partial charge in [-0.05, 0) is 34.2 Å². The van der Waals surface area contributed by atoms with Crippen LogP contribution in [-0.2, 0) is 14.0 Å². The van der Waals surface area contributed by atoms with Crippen LogP contribution in [0.15, 0.2) is 72.3 Å². The lowest BCUT2D eigenvalue weighted by molar-refractivity contribution is -0.140. The Morgan fingerprint density at radius 2 is 1.58 bits per heavy atom. The van der Waals surface area contributed by atoms with E-state index in [4.69, 9.17) is 9.53 Å². The second kappa shape index (κ2) is 10.6. The Labute approximate surface area is 198 Å². The van der Waals surface area contributed by atoms with Crippen molar-refractivity contribution in [1.82, 2.24) is 0 Å². The van der Waals surface area contributed by atoms with Crippen LogP contribution >= 0.6 is 0 Å². The van der Waals surface area contributed by atoms with Crippen molar-refractivity contribution < 1.29 is 19.1 Å². The van der Waals surface area contributed by atoms with E-state index in [-0.39, 0.29) is 23.2 Å². The number of aliphatic carboxylic acids is 1. The number of hydrogen-bond donors (Lipinski definition) is 1. The van der Waals surface area contributed by atoms with Crippen molar-refractivity contribution in [3.63, 3.8) is 0 Å². The Bertz CT molecular complexity index is 936. The Balaban J connectivity index is 1.87. The number of carbonyl (C=O) groups excluding carboxylic acids is 1. The van der Waals surface area contributed by atoms with Crippen molar-refractivity contribution in [2.24, 2.45) is 11.8 Å². The molecule has 0 heterocycles. The van der Waals surface area contributed by atoms with E-state index in [1.54, 1.807) is 0 Å². The van der Waals surface area contributed by atoms with E-state index in [9.17, 15) is 9.59 Å². The maximum Gasteiger partial charge on any atom is 0.304 e. The summed E-state index contributed by atoms with van der Waals surface area (Å²) in [6, 6.07) is 21.2. The van der Waals surface area contributed by atoms with Crippen molar-refractivity contribution in [2.45, 2.75) is 58.4 Å². The number of carboxylic acids is 1. The molecule has 2 atom stereocenters. The fourth-order valence-electron chi connectivity index (χ4n) is 5.07. The van der Waals surface area contributed by atoms with Gasteiger partial charge in [0, 0.05) is 18.9 Å². The smallest absolute Gasteiger partial charge is 0.304 e. The third kappa shape index (κ3) is 5.71. The molecule has 0 spiro atoms. The highest BCUT2D eigenvalue weighted by molar-refractivity contribution is 6.99. The van der Waals surface area contributed by atoms with Crippen molar-refractivity contribution in [3.8, 4) is 0 Å². The lowest BCUT2D eigenvalue weighted by Gasteiger charge is -2.43. The van der Waals surface area contributed by atoms with Crippen molar-refractivity contribution in [3.05, 3.63) is 72.3 Å². The number of carboxylic acid groups (broad SMARTS) is 1. The van der Waals surface area contributed by atoms with E-state index < -0.39 is 20.2 Å². The van der Waals surface area contributed by atoms with Crippen LogP contribution in [0.5, 0.6) is 0 Å². The van der Waals surface area contributed by atoms with E-state index in [0.29, 0.717) is 19.4 Å². The molecule has 0 amide bonds. The summed E-state index contributed by atoms with van der Waals surface area (Å²) in [6.07, 6.45) is 3.66. The van der Waals surface area contributed by atoms with Gasteiger partial charge in [-0.3, -0.25) is 9.59 Å². The van der Waals surface area contributed by atoms with Gasteiger partial charge in [0.05, 0.1) is 6.42 Å². The molecule has 33 heavy (non-hydrogen) atoms. The molecule has 0 saturated heterocycles. The third-order valence-electron chi connectivity index (χ3n) is 6.81. The molecule has 1 unspecified atom stereocenters. The largest absolute Gasteiger partial charge is 0.481 e. The van der Waals surface area contributed by atoms with E-state index >= 15 is 0 Å². The molecule has 1 aliphatic carbocycles. The quantitative estimate of drug-likeness (QED) is 0.443. The predicted molar refractivity (Wildman–Crippen MR) is 135 cm³/mol. The second-order valence-corrected chi connectivity index (χ2v) is 14.4. The fourth-order valence-corrected chi connectivity index (χ4v) is 9.63. The molecular formula is C28H36O4Si. The maximum atomic E-state index is 12.5. The van der Waals surface area contributed by atoms with Crippen molar-refractivity contribution in [1.29, 1.82) is 0 Å². The molecule has 1 aliphatic rings. The van der Waals surface area contributed by atoms with Gasteiger partial charge in [0.1, 0.15) is 5.78 Å². The molecular weight excluding hydrogens is 428 g/mol. The molecule has 5 heteroatoms. The first-order valence-corrected chi connectivity index (χ1v) is 13.7. The van der Waals surface area contributed by atoms with Gasteiger partial charge in [-0.15, -0.1) is 0 Å². The Kier molecular flexibility index (Phi) is 8.08. The van der Waals surface area contributed by atoms with Crippen LogP contribution in [0.1, 0.15) is 53.4 Å². The molecule has 0 radical (unpaired) electrons. The van der Waals surface area contributed by atoms with E-state index in [2.05, 4.69) is 82.3 Å². The van der Waals surface area contributed by atoms with Crippen LogP contribution in [0.25, 0.3) is 0 Å². The molecule has 4 nitrogen and oxygen atoms in total. The van der Waals surface area contributed by atoms with Gasteiger partial charge in [0.25, 0.3) is 8.32 Å². The van der Waals surface area contributed by atoms with Crippen LogP contribution in [-0.4, -0.2) is 31.8 Å². The van der Waals surface area contributed by atoms with Gasteiger partial charge in [-0.2, -0.15) is 0 Å². The minimum atomic E-state index is -2.59. The zero-order valence-corrected chi connectivity index (χ0v) is 21.2. The van der Waals surface area contributed by atoms with Gasteiger partial charge in [-0.1, -0.05) is 100 Å². The SMILES string of the molecule is C[C@H]1CC(=O)C(CC(=O)O)CC=C1CCO[Si](c1ccccc1)(c1ccccc1)C(C)(C)C. The summed E-state index contributed by atoms with van der Waals surface area (Å²) >= 11 is 0. The highest BCUT2D eigenvalue weighted by Crippen LogP contribution is 2.37. The summed E-state index contributed by atoms with van der Waals surface area (Å²) in [7, 11) is -2.59. The highest BCUT2D eigenvalue weighted by Gasteiger charge is 2.50. The minimum Gasteiger partial charge on any atom is -0.481 e. The Morgan fingerprint density at radius 1 is 1.03 bits per heavy atom. The van der Waals surface area contributed by atoms with Gasteiger partial charge >= 0.3 is 5.97 Å². The summed E-state index contributed by atoms with van der Waals surface area (Å²) in [6.45, 7) is 9.43. The average molecular weight is 465 g/mol. The second-order valence-electron chi connectivity index (χ2n) is 10.1. The first-order chi connectivity index (χ1) is 15.6. The van der Waals surface area contributed by atoms with Crippen molar-refractivity contribution in [2.75, 3.05) is 6.61 Å². The number of hydrogen-bond acceptors (Lipinski definition) is 3. The fraction of sp³-hybridized carbons (Fsp3) is 0.429. The van der Waals surface area contributed by atoms with Crippen molar-refractivity contribution >= 4 is 30.4 Å². The number of allylic oxidation sites excluding steroid dienone is 1. The van der Waals surface area contributed by atoms with Crippen LogP contribution in [0.2, 0.25) is 5.04 Å². The van der Waals surface area contributed by atoms with Crippen LogP contribution in [0.4, 0.5) is 0 Å². The number of benzene rings is 2. The van der Waals surface area contributed by atoms with E-state index in [1.165, 1.54) is 15.9 Å². The monoisotopic (exact) mass is 464 g/mol. The van der Waals surface area contributed by atoms with Gasteiger partial charge in [0.2, 0.25) is 0 Å². The van der Waals surface area contributed by atoms with Crippen LogP contribution in [0, 0.1) is 11.8 Å². The minimum absolute atomic E-state index is 0.0593. The topological polar surface area (TPSA) is 63.6 Å². The third-order valence-corrected chi connectivity index (χ3v) is 11.8. The van der Waals surface area contributed by atoms with Gasteiger partial charge < -0.3 is 9.53 Å². The van der Waals surface area contributed by atoms with Crippen LogP contribution < -0.4 is 10.4 Å².